The van der Waals surface area contributed by atoms with E-state index in [1.807, 2.05) is 189 Å². The minimum absolute atomic E-state index is 0.0801. The Hall–Kier alpha value is -15.0. The van der Waals surface area contributed by atoms with E-state index in [-0.39, 0.29) is 93.6 Å². The molecular formula is C112H118ClF5N18O9. The zero-order valence-electron chi connectivity index (χ0n) is 83.9. The lowest BCUT2D eigenvalue weighted by molar-refractivity contribution is -0.274. The standard InChI is InChI=1S/2C24H26N4O2.C23H23ClN4O2.C21H22F3N3O2.C20H21F2N3O/c2*1-16-6-8-17(9-7-16)24(3,30)15-21(29)27-22-26-19-11-10-18(25-4)14-20(19)28(22)23(2)12-5-13-23;1-22(11-6-12-22)28-19-13-15(25-3)9-10-18(19)26-21(28)27-20(29)14-23(2,30)16-7-4-5-8-17(16)24;1-13-5-10-16-17(11-13)27(19(25-16)26-18(28)12-20(2,3)4)14-6-8-15(9-7-14)29-21(22,23)24;1-12-5-6-16-17(7-12)25(15-9-13(21)8-14(22)10-15)19(23-16)24-18(26)11-20(2,3)4/h2*6-11,14,30H,5,12-13,15H2,1-3H3,(H,26,27,29);4-5,7-10,13,30H,6,11-12,14H2,1-2H3,(H,26,27,29);5-11H,12H2,1-4H3,(H,25,26,28);5-10H,11H2,1-4H3,(H,23,24,26)/t2*24-;23-;;/m000../s1. The van der Waals surface area contributed by atoms with Gasteiger partial charge in [0.25, 0.3) is 0 Å². The average Bonchev–Trinajstić information content (AvgIpc) is 1.61. The van der Waals surface area contributed by atoms with Gasteiger partial charge in [0.1, 0.15) is 17.4 Å². The number of nitrogens with zero attached hydrogens (tertiary/aromatic N) is 13. The Morgan fingerprint density at radius 3 is 1.01 bits per heavy atom. The maximum Gasteiger partial charge on any atom is 0.573 e. The number of carbonyl (C=O) groups excluding carboxylic acids is 5. The Balaban J connectivity index is 0.000000144. The van der Waals surface area contributed by atoms with Gasteiger partial charge in [-0.05, 0) is 263 Å². The lowest BCUT2D eigenvalue weighted by atomic mass is 9.78. The van der Waals surface area contributed by atoms with Crippen LogP contribution >= 0.6 is 11.6 Å². The molecule has 5 heterocycles. The number of ether oxygens (including phenoxy) is 1. The van der Waals surface area contributed by atoms with E-state index in [9.17, 15) is 61.2 Å². The van der Waals surface area contributed by atoms with Crippen LogP contribution in [0.1, 0.15) is 212 Å². The molecule has 0 bridgehead atoms. The number of halogens is 6. The molecule has 15 aromatic rings. The van der Waals surface area contributed by atoms with Gasteiger partial charge in [-0.1, -0.05) is 161 Å². The second kappa shape index (κ2) is 42.1. The molecule has 3 atom stereocenters. The molecule has 3 fully saturated rings. The third-order valence-corrected chi connectivity index (χ3v) is 26.5. The highest BCUT2D eigenvalue weighted by Crippen LogP contribution is 2.48. The van der Waals surface area contributed by atoms with Crippen molar-refractivity contribution in [2.45, 2.75) is 240 Å². The fourth-order valence-electron chi connectivity index (χ4n) is 18.3. The van der Waals surface area contributed by atoms with Crippen LogP contribution in [0.15, 0.2) is 206 Å². The zero-order valence-corrected chi connectivity index (χ0v) is 84.7. The Morgan fingerprint density at radius 1 is 0.379 bits per heavy atom. The summed E-state index contributed by atoms with van der Waals surface area (Å²) in [6.45, 7) is 52.8. The molecule has 3 saturated carbocycles. The topological polar surface area (TPSA) is 318 Å². The number of fused-ring (bicyclic) bond motifs is 5. The number of aromatic nitrogens is 10. The normalized spacial score (nSPS) is 15.1. The number of anilines is 5. The molecule has 752 valence electrons. The molecule has 0 spiro atoms. The van der Waals surface area contributed by atoms with Crippen LogP contribution in [-0.4, -0.2) is 99.0 Å². The van der Waals surface area contributed by atoms with Gasteiger partial charge in [-0.25, -0.2) is 48.2 Å². The van der Waals surface area contributed by atoms with Crippen molar-refractivity contribution in [2.75, 3.05) is 26.6 Å². The van der Waals surface area contributed by atoms with Crippen LogP contribution in [0.2, 0.25) is 5.02 Å². The Kier molecular flexibility index (Phi) is 30.7. The minimum atomic E-state index is -4.76. The number of amides is 5. The molecule has 33 heteroatoms. The smallest absolute Gasteiger partial charge is 0.406 e. The number of carbonyl (C=O) groups is 5. The number of aliphatic hydroxyl groups is 3. The highest BCUT2D eigenvalue weighted by molar-refractivity contribution is 6.31. The van der Waals surface area contributed by atoms with Gasteiger partial charge in [0.15, 0.2) is 17.1 Å². The van der Waals surface area contributed by atoms with Crippen LogP contribution in [0.25, 0.3) is 81.1 Å². The quantitative estimate of drug-likeness (QED) is 0.0231. The van der Waals surface area contributed by atoms with Gasteiger partial charge in [0.05, 0.1) is 117 Å². The van der Waals surface area contributed by atoms with E-state index in [1.54, 1.807) is 78.4 Å². The number of hydrogen-bond acceptors (Lipinski definition) is 14. The van der Waals surface area contributed by atoms with Crippen LogP contribution < -0.4 is 31.3 Å². The molecule has 5 aromatic heterocycles. The van der Waals surface area contributed by atoms with Crippen molar-refractivity contribution in [3.63, 3.8) is 0 Å². The van der Waals surface area contributed by atoms with Crippen molar-refractivity contribution in [3.05, 3.63) is 296 Å². The lowest BCUT2D eigenvalue weighted by Crippen LogP contribution is -2.38. The molecule has 18 rings (SSSR count). The number of nitrogens with one attached hydrogen (secondary N) is 5. The van der Waals surface area contributed by atoms with E-state index in [4.69, 9.17) is 31.3 Å². The van der Waals surface area contributed by atoms with Crippen molar-refractivity contribution in [2.24, 2.45) is 10.8 Å². The maximum atomic E-state index is 13.8. The van der Waals surface area contributed by atoms with E-state index in [2.05, 4.69) is 101 Å². The summed E-state index contributed by atoms with van der Waals surface area (Å²) in [5.41, 5.74) is 11.1. The minimum Gasteiger partial charge on any atom is -0.406 e. The van der Waals surface area contributed by atoms with Crippen molar-refractivity contribution >= 4 is 143 Å². The highest BCUT2D eigenvalue weighted by atomic mass is 35.5. The summed E-state index contributed by atoms with van der Waals surface area (Å²) in [6.07, 6.45) is 4.77. The number of hydrogen-bond donors (Lipinski definition) is 8. The van der Waals surface area contributed by atoms with E-state index in [1.165, 1.54) is 36.4 Å². The molecular weight excluding hydrogens is 1870 g/mol. The van der Waals surface area contributed by atoms with Gasteiger partial charge in [-0.2, -0.15) is 0 Å². The van der Waals surface area contributed by atoms with Crippen molar-refractivity contribution in [3.8, 4) is 17.1 Å². The largest absolute Gasteiger partial charge is 0.573 e. The SMILES string of the molecule is Cc1ccc2nc(NC(=O)CC(C)(C)C)n(-c3cc(F)cc(F)c3)c2c1.Cc1ccc2nc(NC(=O)CC(C)(C)C)n(-c3ccc(OC(F)(F)F)cc3)c2c1.[C-]#[N+]c1ccc2nc(NC(=O)C[C@](C)(O)c3ccc(C)cc3)n(C3(C)CCC3)c2c1.[C-]#[N+]c1ccc2nc(NC(=O)C[C@](C)(O)c3ccc(C)cc3)n(C3(C)CCC3)c2c1.[C-]#[N+]c1ccc2nc(NC(=O)C[C@](C)(O)c3ccccc3Cl)n(C3(C)CCC3)c2c1. The fraction of sp³-hybridized carbons (Fsp3) is 0.348. The van der Waals surface area contributed by atoms with Crippen molar-refractivity contribution in [1.29, 1.82) is 0 Å². The third-order valence-electron chi connectivity index (χ3n) is 26.2. The molecule has 145 heavy (non-hydrogen) atoms. The van der Waals surface area contributed by atoms with Gasteiger partial charge in [-0.15, -0.1) is 13.2 Å². The molecule has 0 aliphatic heterocycles. The van der Waals surface area contributed by atoms with Gasteiger partial charge in [-0.3, -0.25) is 59.7 Å². The Labute approximate surface area is 843 Å². The van der Waals surface area contributed by atoms with Gasteiger partial charge >= 0.3 is 6.36 Å². The number of alkyl halides is 3. The molecule has 8 N–H and O–H groups in total. The summed E-state index contributed by atoms with van der Waals surface area (Å²) in [6, 6.07) is 58.1. The average molecular weight is 1990 g/mol. The first kappa shape index (κ1) is 106. The van der Waals surface area contributed by atoms with E-state index < -0.39 is 34.8 Å². The van der Waals surface area contributed by atoms with E-state index in [0.717, 1.165) is 125 Å². The van der Waals surface area contributed by atoms with Crippen LogP contribution in [0.4, 0.5) is 68.8 Å². The summed E-state index contributed by atoms with van der Waals surface area (Å²) in [4.78, 5) is 96.9. The summed E-state index contributed by atoms with van der Waals surface area (Å²) >= 11 is 6.21. The summed E-state index contributed by atoms with van der Waals surface area (Å²) in [7, 11) is 0. The molecule has 27 nitrogen and oxygen atoms in total. The Bertz CT molecular complexity index is 7350. The highest BCUT2D eigenvalue weighted by Gasteiger charge is 2.43. The predicted octanol–water partition coefficient (Wildman–Crippen LogP) is 26.0. The second-order valence-corrected chi connectivity index (χ2v) is 42.1. The molecule has 0 saturated heterocycles. The molecule has 3 aliphatic carbocycles. The van der Waals surface area contributed by atoms with Gasteiger partial charge in [0, 0.05) is 51.8 Å². The first-order valence-electron chi connectivity index (χ1n) is 47.8. The van der Waals surface area contributed by atoms with E-state index >= 15 is 0 Å². The number of rotatable bonds is 22. The van der Waals surface area contributed by atoms with Crippen LogP contribution in [0.5, 0.6) is 5.75 Å². The third kappa shape index (κ3) is 25.3. The molecule has 5 amide bonds. The molecule has 10 aromatic carbocycles. The molecule has 3 aliphatic rings. The number of benzene rings is 10. The van der Waals surface area contributed by atoms with Crippen LogP contribution in [-0.2, 0) is 57.4 Å². The van der Waals surface area contributed by atoms with Gasteiger partial charge in [0.2, 0.25) is 59.3 Å². The second-order valence-electron chi connectivity index (χ2n) is 41.7. The summed E-state index contributed by atoms with van der Waals surface area (Å²) in [5, 5.41) is 47.5. The monoisotopic (exact) mass is 1990 g/mol. The maximum absolute atomic E-state index is 13.8. The molecule has 0 unspecified atom stereocenters. The first-order valence-corrected chi connectivity index (χ1v) is 48.2. The Morgan fingerprint density at radius 2 is 0.683 bits per heavy atom. The number of imidazole rings is 5. The first-order chi connectivity index (χ1) is 68.2. The van der Waals surface area contributed by atoms with Gasteiger partial charge < -0.3 is 33.8 Å². The molecule has 0 radical (unpaired) electrons. The van der Waals surface area contributed by atoms with Crippen molar-refractivity contribution < 1.29 is 66.0 Å². The predicted molar refractivity (Wildman–Crippen MR) is 556 cm³/mol. The summed E-state index contributed by atoms with van der Waals surface area (Å²) < 4.78 is 78.1. The van der Waals surface area contributed by atoms with Crippen LogP contribution in [0, 0.1) is 69.9 Å². The summed E-state index contributed by atoms with van der Waals surface area (Å²) in [5.74, 6) is -1.13. The fourth-order valence-corrected chi connectivity index (χ4v) is 18.7. The van der Waals surface area contributed by atoms with Crippen molar-refractivity contribution in [1.82, 2.24) is 47.8 Å². The number of aryl methyl sites for hydroxylation is 4. The van der Waals surface area contributed by atoms with E-state index in [0.29, 0.717) is 97.6 Å². The van der Waals surface area contributed by atoms with Crippen LogP contribution in [0.3, 0.4) is 0 Å². The zero-order chi connectivity index (χ0) is 105. The lowest BCUT2D eigenvalue weighted by Gasteiger charge is -2.41.